The number of amides is 3. The monoisotopic (exact) mass is 494 g/mol. The number of carbonyl (C=O) groups is 3. The van der Waals surface area contributed by atoms with Crippen molar-refractivity contribution in [3.05, 3.63) is 102 Å². The molecular weight excluding hydrogens is 468 g/mol. The van der Waals surface area contributed by atoms with Gasteiger partial charge >= 0.3 is 0 Å². The summed E-state index contributed by atoms with van der Waals surface area (Å²) in [5, 5.41) is 2.71. The number of carbonyl (C=O) groups excluding carboxylic acids is 3. The van der Waals surface area contributed by atoms with Crippen LogP contribution in [0.15, 0.2) is 89.8 Å². The first-order chi connectivity index (χ1) is 16.7. The van der Waals surface area contributed by atoms with Gasteiger partial charge in [0.15, 0.2) is 0 Å². The second kappa shape index (κ2) is 11.9. The molecule has 0 heterocycles. The van der Waals surface area contributed by atoms with Gasteiger partial charge in [0.05, 0.1) is 17.4 Å². The van der Waals surface area contributed by atoms with Gasteiger partial charge in [0, 0.05) is 19.0 Å². The van der Waals surface area contributed by atoms with Gasteiger partial charge in [-0.3, -0.25) is 25.2 Å². The van der Waals surface area contributed by atoms with E-state index in [2.05, 4.69) is 20.9 Å². The van der Waals surface area contributed by atoms with Crippen LogP contribution in [-0.4, -0.2) is 26.1 Å². The lowest BCUT2D eigenvalue weighted by Gasteiger charge is -2.18. The highest BCUT2D eigenvalue weighted by Crippen LogP contribution is 2.16. The first-order valence-corrected chi connectivity index (χ1v) is 12.3. The smallest absolute Gasteiger partial charge is 0.269 e. The van der Waals surface area contributed by atoms with Crippen LogP contribution in [0.3, 0.4) is 0 Å². The summed E-state index contributed by atoms with van der Waals surface area (Å²) >= 11 is 0. The molecule has 1 atom stereocenters. The predicted octanol–water partition coefficient (Wildman–Crippen LogP) is 2.19. The van der Waals surface area contributed by atoms with Crippen molar-refractivity contribution in [3.63, 3.8) is 0 Å². The Morgan fingerprint density at radius 2 is 1.49 bits per heavy atom. The van der Waals surface area contributed by atoms with Crippen LogP contribution in [0.1, 0.15) is 40.9 Å². The van der Waals surface area contributed by atoms with Gasteiger partial charge in [-0.1, -0.05) is 66.7 Å². The summed E-state index contributed by atoms with van der Waals surface area (Å²) in [7, 11) is -3.86. The Labute approximate surface area is 204 Å². The van der Waals surface area contributed by atoms with Gasteiger partial charge in [0.2, 0.25) is 21.8 Å². The van der Waals surface area contributed by atoms with E-state index in [0.29, 0.717) is 0 Å². The van der Waals surface area contributed by atoms with E-state index in [9.17, 15) is 22.8 Å². The van der Waals surface area contributed by atoms with Gasteiger partial charge in [-0.05, 0) is 29.3 Å². The minimum Gasteiger partial charge on any atom is -0.349 e. The summed E-state index contributed by atoms with van der Waals surface area (Å²) in [5.74, 6) is -1.52. The summed E-state index contributed by atoms with van der Waals surface area (Å²) < 4.78 is 27.8. The molecule has 0 fully saturated rings. The lowest BCUT2D eigenvalue weighted by molar-refractivity contribution is -0.123. The van der Waals surface area contributed by atoms with E-state index in [1.807, 2.05) is 12.1 Å². The number of nitrogens with one attached hydrogen (secondary N) is 4. The third-order valence-corrected chi connectivity index (χ3v) is 6.40. The average Bonchev–Trinajstić information content (AvgIpc) is 2.86. The Morgan fingerprint density at radius 3 is 2.14 bits per heavy atom. The average molecular weight is 495 g/mol. The Bertz CT molecular complexity index is 1280. The van der Waals surface area contributed by atoms with E-state index >= 15 is 0 Å². The minimum atomic E-state index is -3.86. The van der Waals surface area contributed by atoms with Crippen LogP contribution in [-0.2, 0) is 26.2 Å². The summed E-state index contributed by atoms with van der Waals surface area (Å²) in [6.07, 6.45) is -0.109. The topological polar surface area (TPSA) is 133 Å². The predicted molar refractivity (Wildman–Crippen MR) is 130 cm³/mol. The van der Waals surface area contributed by atoms with Crippen molar-refractivity contribution in [2.75, 3.05) is 0 Å². The second-order valence-electron chi connectivity index (χ2n) is 7.71. The van der Waals surface area contributed by atoms with E-state index < -0.39 is 27.9 Å². The number of hydrogen-bond donors (Lipinski definition) is 4. The molecule has 4 N–H and O–H groups in total. The van der Waals surface area contributed by atoms with Crippen molar-refractivity contribution < 1.29 is 22.8 Å². The van der Waals surface area contributed by atoms with Crippen LogP contribution >= 0.6 is 0 Å². The Morgan fingerprint density at radius 1 is 0.829 bits per heavy atom. The SMILES string of the molecule is CC(=O)N[C@H](CC(=O)NNC(=O)c1cccc(S(=O)(=O)NCc2ccccc2)c1)c1ccccc1. The van der Waals surface area contributed by atoms with Crippen LogP contribution in [0.5, 0.6) is 0 Å². The molecule has 3 aromatic carbocycles. The molecule has 0 aliphatic carbocycles. The highest BCUT2D eigenvalue weighted by atomic mass is 32.2. The molecule has 3 aromatic rings. The van der Waals surface area contributed by atoms with Gasteiger partial charge in [-0.15, -0.1) is 0 Å². The molecule has 0 spiro atoms. The van der Waals surface area contributed by atoms with Crippen LogP contribution in [0.25, 0.3) is 0 Å². The summed E-state index contributed by atoms with van der Waals surface area (Å²) in [6.45, 7) is 1.46. The van der Waals surface area contributed by atoms with Gasteiger partial charge in [0.25, 0.3) is 5.91 Å². The van der Waals surface area contributed by atoms with E-state index in [-0.39, 0.29) is 29.3 Å². The number of rotatable bonds is 9. The molecule has 0 saturated heterocycles. The fourth-order valence-corrected chi connectivity index (χ4v) is 4.34. The normalized spacial score (nSPS) is 11.8. The third kappa shape index (κ3) is 7.76. The van der Waals surface area contributed by atoms with Crippen molar-refractivity contribution in [1.29, 1.82) is 0 Å². The van der Waals surface area contributed by atoms with Crippen molar-refractivity contribution in [1.82, 2.24) is 20.9 Å². The molecule has 0 bridgehead atoms. The number of sulfonamides is 1. The van der Waals surface area contributed by atoms with E-state index in [0.717, 1.165) is 11.1 Å². The minimum absolute atomic E-state index is 0.0503. The number of benzene rings is 3. The zero-order valence-corrected chi connectivity index (χ0v) is 19.8. The Kier molecular flexibility index (Phi) is 8.71. The zero-order chi connectivity index (χ0) is 25.3. The third-order valence-electron chi connectivity index (χ3n) is 5.00. The largest absolute Gasteiger partial charge is 0.349 e. The molecule has 0 aromatic heterocycles. The quantitative estimate of drug-likeness (QED) is 0.339. The Balaban J connectivity index is 1.60. The fourth-order valence-electron chi connectivity index (χ4n) is 3.28. The summed E-state index contributed by atoms with van der Waals surface area (Å²) in [4.78, 5) is 36.4. The maximum absolute atomic E-state index is 12.6. The highest BCUT2D eigenvalue weighted by Gasteiger charge is 2.19. The standard InChI is InChI=1S/C25H26N4O5S/c1-18(30)27-23(20-11-6-3-7-12-20)16-24(31)28-29-25(32)21-13-8-14-22(15-21)35(33,34)26-17-19-9-4-2-5-10-19/h2-15,23,26H,16-17H2,1H3,(H,27,30)(H,28,31)(H,29,32)/t23-/m1/s1. The van der Waals surface area contributed by atoms with Gasteiger partial charge in [0.1, 0.15) is 0 Å². The second-order valence-corrected chi connectivity index (χ2v) is 9.48. The van der Waals surface area contributed by atoms with E-state index in [1.165, 1.54) is 31.2 Å². The van der Waals surface area contributed by atoms with Crippen molar-refractivity contribution in [2.45, 2.75) is 30.8 Å². The molecule has 10 heteroatoms. The van der Waals surface area contributed by atoms with Gasteiger partial charge in [-0.2, -0.15) is 0 Å². The molecule has 3 rings (SSSR count). The van der Waals surface area contributed by atoms with E-state index in [1.54, 1.807) is 48.5 Å². The van der Waals surface area contributed by atoms with Crippen LogP contribution < -0.4 is 20.9 Å². The molecule has 0 saturated carbocycles. The molecule has 182 valence electrons. The molecular formula is C25H26N4O5S. The van der Waals surface area contributed by atoms with Crippen LogP contribution in [0.4, 0.5) is 0 Å². The summed E-state index contributed by atoms with van der Waals surface area (Å²) in [6, 6.07) is 22.9. The fraction of sp³-hybridized carbons (Fsp3) is 0.160. The van der Waals surface area contributed by atoms with Crippen molar-refractivity contribution in [3.8, 4) is 0 Å². The van der Waals surface area contributed by atoms with Crippen LogP contribution in [0, 0.1) is 0 Å². The molecule has 3 amide bonds. The van der Waals surface area contributed by atoms with Crippen LogP contribution in [0.2, 0.25) is 0 Å². The number of hydrazine groups is 1. The lowest BCUT2D eigenvalue weighted by atomic mass is 10.0. The molecule has 0 aliphatic rings. The summed E-state index contributed by atoms with van der Waals surface area (Å²) in [5.41, 5.74) is 6.17. The number of hydrogen-bond acceptors (Lipinski definition) is 5. The molecule has 0 radical (unpaired) electrons. The van der Waals surface area contributed by atoms with Gasteiger partial charge < -0.3 is 5.32 Å². The van der Waals surface area contributed by atoms with Crippen molar-refractivity contribution >= 4 is 27.7 Å². The lowest BCUT2D eigenvalue weighted by Crippen LogP contribution is -2.43. The first-order valence-electron chi connectivity index (χ1n) is 10.8. The Hall–Kier alpha value is -4.02. The first kappa shape index (κ1) is 25.6. The molecule has 0 aliphatic heterocycles. The molecule has 0 unspecified atom stereocenters. The molecule has 35 heavy (non-hydrogen) atoms. The maximum atomic E-state index is 12.6. The zero-order valence-electron chi connectivity index (χ0n) is 19.0. The highest BCUT2D eigenvalue weighted by molar-refractivity contribution is 7.89. The maximum Gasteiger partial charge on any atom is 0.269 e. The van der Waals surface area contributed by atoms with Crippen molar-refractivity contribution in [2.24, 2.45) is 0 Å². The molecule has 9 nitrogen and oxygen atoms in total. The van der Waals surface area contributed by atoms with Gasteiger partial charge in [-0.25, -0.2) is 13.1 Å². The van der Waals surface area contributed by atoms with E-state index in [4.69, 9.17) is 0 Å².